The van der Waals surface area contributed by atoms with Crippen LogP contribution in [0.3, 0.4) is 0 Å². The van der Waals surface area contributed by atoms with Crippen molar-refractivity contribution in [2.75, 3.05) is 31.1 Å². The summed E-state index contributed by atoms with van der Waals surface area (Å²) < 4.78 is 0. The van der Waals surface area contributed by atoms with Gasteiger partial charge in [-0.2, -0.15) is 11.8 Å². The molecule has 1 amide bonds. The zero-order valence-electron chi connectivity index (χ0n) is 12.6. The average molecular weight is 300 g/mol. The van der Waals surface area contributed by atoms with Crippen LogP contribution >= 0.6 is 11.8 Å². The fraction of sp³-hybridized carbons (Fsp3) is 0.933. The molecule has 2 unspecified atom stereocenters. The lowest BCUT2D eigenvalue weighted by atomic mass is 10.0. The van der Waals surface area contributed by atoms with E-state index in [2.05, 4.69) is 5.32 Å². The van der Waals surface area contributed by atoms with E-state index >= 15 is 0 Å². The monoisotopic (exact) mass is 300 g/mol. The van der Waals surface area contributed by atoms with E-state index in [0.29, 0.717) is 13.0 Å². The van der Waals surface area contributed by atoms with Gasteiger partial charge in [0.05, 0.1) is 5.60 Å². The van der Waals surface area contributed by atoms with Crippen molar-refractivity contribution in [3.05, 3.63) is 0 Å². The molecule has 2 heterocycles. The normalized spacial score (nSPS) is 29.2. The quantitative estimate of drug-likeness (QED) is 0.810. The Balaban J connectivity index is 1.70. The van der Waals surface area contributed by atoms with E-state index in [0.717, 1.165) is 43.9 Å². The van der Waals surface area contributed by atoms with Crippen LogP contribution in [0.4, 0.5) is 0 Å². The molecule has 2 rings (SSSR count). The maximum atomic E-state index is 12.3. The van der Waals surface area contributed by atoms with Crippen molar-refractivity contribution in [1.29, 1.82) is 0 Å². The van der Waals surface area contributed by atoms with E-state index in [4.69, 9.17) is 0 Å². The topological polar surface area (TPSA) is 52.6 Å². The minimum absolute atomic E-state index is 0.139. The molecule has 0 aliphatic carbocycles. The van der Waals surface area contributed by atoms with Crippen molar-refractivity contribution >= 4 is 17.7 Å². The van der Waals surface area contributed by atoms with Crippen LogP contribution in [0.2, 0.25) is 0 Å². The third kappa shape index (κ3) is 4.93. The van der Waals surface area contributed by atoms with Gasteiger partial charge in [-0.1, -0.05) is 12.8 Å². The maximum absolute atomic E-state index is 12.3. The zero-order valence-corrected chi connectivity index (χ0v) is 13.4. The second kappa shape index (κ2) is 7.66. The highest BCUT2D eigenvalue weighted by Gasteiger charge is 2.31. The molecule has 2 saturated heterocycles. The van der Waals surface area contributed by atoms with Gasteiger partial charge in [0.2, 0.25) is 5.91 Å². The first-order chi connectivity index (χ1) is 9.59. The number of likely N-dealkylation sites (tertiary alicyclic amines) is 1. The highest BCUT2D eigenvalue weighted by molar-refractivity contribution is 7.99. The second-order valence-corrected chi connectivity index (χ2v) is 7.41. The van der Waals surface area contributed by atoms with Crippen molar-refractivity contribution in [1.82, 2.24) is 10.2 Å². The van der Waals surface area contributed by atoms with Gasteiger partial charge in [0.15, 0.2) is 0 Å². The van der Waals surface area contributed by atoms with Crippen molar-refractivity contribution in [3.8, 4) is 0 Å². The molecule has 20 heavy (non-hydrogen) atoms. The fourth-order valence-corrected chi connectivity index (χ4v) is 4.18. The Labute approximate surface area is 126 Å². The summed E-state index contributed by atoms with van der Waals surface area (Å²) in [4.78, 5) is 14.3. The molecular weight excluding hydrogens is 272 g/mol. The number of nitrogens with zero attached hydrogens (tertiary/aromatic N) is 1. The SMILES string of the molecule is CC(CC(=O)N1CCCCCC1)NCC1(O)CCSC1. The Kier molecular flexibility index (Phi) is 6.18. The molecule has 5 heteroatoms. The van der Waals surface area contributed by atoms with Crippen LogP contribution in [-0.2, 0) is 4.79 Å². The summed E-state index contributed by atoms with van der Waals surface area (Å²) in [5, 5.41) is 13.6. The Hall–Kier alpha value is -0.260. The molecule has 4 nitrogen and oxygen atoms in total. The number of hydrogen-bond acceptors (Lipinski definition) is 4. The van der Waals surface area contributed by atoms with Gasteiger partial charge in [-0.3, -0.25) is 4.79 Å². The minimum Gasteiger partial charge on any atom is -0.388 e. The molecular formula is C15H28N2O2S. The molecule has 2 fully saturated rings. The number of amides is 1. The van der Waals surface area contributed by atoms with E-state index in [-0.39, 0.29) is 11.9 Å². The first-order valence-electron chi connectivity index (χ1n) is 7.90. The third-order valence-electron chi connectivity index (χ3n) is 4.30. The highest BCUT2D eigenvalue weighted by atomic mass is 32.2. The number of rotatable bonds is 5. The zero-order chi connectivity index (χ0) is 14.4. The summed E-state index contributed by atoms with van der Waals surface area (Å²) in [5.41, 5.74) is -0.565. The van der Waals surface area contributed by atoms with E-state index in [1.54, 1.807) is 11.8 Å². The van der Waals surface area contributed by atoms with E-state index in [9.17, 15) is 9.90 Å². The predicted molar refractivity (Wildman–Crippen MR) is 84.0 cm³/mol. The molecule has 0 spiro atoms. The minimum atomic E-state index is -0.565. The Morgan fingerprint density at radius 1 is 1.35 bits per heavy atom. The summed E-state index contributed by atoms with van der Waals surface area (Å²) in [6.07, 6.45) is 6.19. The Morgan fingerprint density at radius 3 is 2.65 bits per heavy atom. The fourth-order valence-electron chi connectivity index (χ4n) is 2.88. The van der Waals surface area contributed by atoms with Crippen LogP contribution in [0.25, 0.3) is 0 Å². The van der Waals surface area contributed by atoms with Gasteiger partial charge >= 0.3 is 0 Å². The van der Waals surface area contributed by atoms with Crippen LogP contribution in [0.5, 0.6) is 0 Å². The van der Waals surface area contributed by atoms with Gasteiger partial charge in [0, 0.05) is 37.8 Å². The van der Waals surface area contributed by atoms with E-state index < -0.39 is 5.60 Å². The molecule has 0 radical (unpaired) electrons. The van der Waals surface area contributed by atoms with Crippen LogP contribution < -0.4 is 5.32 Å². The van der Waals surface area contributed by atoms with Crippen LogP contribution in [0, 0.1) is 0 Å². The lowest BCUT2D eigenvalue weighted by molar-refractivity contribution is -0.131. The molecule has 0 saturated carbocycles. The van der Waals surface area contributed by atoms with Crippen molar-refractivity contribution < 1.29 is 9.90 Å². The molecule has 0 aromatic carbocycles. The summed E-state index contributed by atoms with van der Waals surface area (Å²) in [5.74, 6) is 2.12. The van der Waals surface area contributed by atoms with Crippen molar-refractivity contribution in [2.45, 2.75) is 57.1 Å². The smallest absolute Gasteiger partial charge is 0.224 e. The molecule has 0 aromatic rings. The number of nitrogens with one attached hydrogen (secondary N) is 1. The summed E-state index contributed by atoms with van der Waals surface area (Å²) in [6, 6.07) is 0.139. The third-order valence-corrected chi connectivity index (χ3v) is 5.54. The van der Waals surface area contributed by atoms with Crippen LogP contribution in [0.15, 0.2) is 0 Å². The lowest BCUT2D eigenvalue weighted by Crippen LogP contribution is -2.45. The van der Waals surface area contributed by atoms with Gasteiger partial charge in [0.1, 0.15) is 0 Å². The Bertz CT molecular complexity index is 311. The number of carbonyl (C=O) groups excluding carboxylic acids is 1. The van der Waals surface area contributed by atoms with Crippen molar-refractivity contribution in [3.63, 3.8) is 0 Å². The molecule has 2 aliphatic rings. The van der Waals surface area contributed by atoms with Gasteiger partial charge in [-0.25, -0.2) is 0 Å². The largest absolute Gasteiger partial charge is 0.388 e. The summed E-state index contributed by atoms with van der Waals surface area (Å²) in [6.45, 7) is 4.49. The highest BCUT2D eigenvalue weighted by Crippen LogP contribution is 2.27. The maximum Gasteiger partial charge on any atom is 0.224 e. The molecule has 2 aliphatic heterocycles. The second-order valence-electron chi connectivity index (χ2n) is 6.31. The molecule has 0 aromatic heterocycles. The van der Waals surface area contributed by atoms with Gasteiger partial charge in [-0.15, -0.1) is 0 Å². The van der Waals surface area contributed by atoms with Crippen LogP contribution in [0.1, 0.15) is 45.4 Å². The van der Waals surface area contributed by atoms with Gasteiger partial charge in [-0.05, 0) is 31.9 Å². The molecule has 2 atom stereocenters. The molecule has 0 bridgehead atoms. The first-order valence-corrected chi connectivity index (χ1v) is 9.06. The van der Waals surface area contributed by atoms with E-state index in [1.807, 2.05) is 11.8 Å². The number of thioether (sulfide) groups is 1. The number of carbonyl (C=O) groups is 1. The van der Waals surface area contributed by atoms with Crippen LogP contribution in [-0.4, -0.2) is 58.7 Å². The summed E-state index contributed by atoms with van der Waals surface area (Å²) >= 11 is 1.81. The average Bonchev–Trinajstić information content (AvgIpc) is 2.69. The predicted octanol–water partition coefficient (Wildman–Crippen LogP) is 1.63. The van der Waals surface area contributed by atoms with Crippen molar-refractivity contribution in [2.24, 2.45) is 0 Å². The number of aliphatic hydroxyl groups is 1. The Morgan fingerprint density at radius 2 is 2.05 bits per heavy atom. The van der Waals surface area contributed by atoms with E-state index in [1.165, 1.54) is 12.8 Å². The summed E-state index contributed by atoms with van der Waals surface area (Å²) in [7, 11) is 0. The van der Waals surface area contributed by atoms with Gasteiger partial charge < -0.3 is 15.3 Å². The van der Waals surface area contributed by atoms with Gasteiger partial charge in [0.25, 0.3) is 0 Å². The first kappa shape index (κ1) is 16.1. The molecule has 116 valence electrons. The lowest BCUT2D eigenvalue weighted by Gasteiger charge is -2.26. The molecule has 2 N–H and O–H groups in total. The number of hydrogen-bond donors (Lipinski definition) is 2. The standard InChI is InChI=1S/C15H28N2O2S/c1-13(16-11-15(19)6-9-20-12-15)10-14(18)17-7-4-2-3-5-8-17/h13,16,19H,2-12H2,1H3.